The average molecular weight is 482 g/mol. The van der Waals surface area contributed by atoms with E-state index in [1.54, 1.807) is 0 Å². The van der Waals surface area contributed by atoms with Gasteiger partial charge in [0.2, 0.25) is 17.7 Å². The third-order valence-electron chi connectivity index (χ3n) is 4.19. The third-order valence-corrected chi connectivity index (χ3v) is 4.95. The lowest BCUT2D eigenvalue weighted by molar-refractivity contribution is -0.143. The van der Waals surface area contributed by atoms with Crippen LogP contribution in [-0.2, 0) is 24.0 Å². The monoisotopic (exact) mass is 481 g/mol. The van der Waals surface area contributed by atoms with Gasteiger partial charge < -0.3 is 37.6 Å². The molecule has 178 valence electrons. The molecule has 0 radical (unpaired) electrons. The van der Waals surface area contributed by atoms with Crippen molar-refractivity contribution in [3.05, 3.63) is 0 Å². The van der Waals surface area contributed by atoms with Crippen LogP contribution in [0.3, 0.4) is 0 Å². The van der Waals surface area contributed by atoms with Gasteiger partial charge in [0, 0.05) is 17.9 Å². The van der Waals surface area contributed by atoms with Crippen molar-refractivity contribution in [1.82, 2.24) is 16.0 Å². The zero-order chi connectivity index (χ0) is 24.0. The zero-order valence-electron chi connectivity index (χ0n) is 17.0. The van der Waals surface area contributed by atoms with Gasteiger partial charge in [-0.05, 0) is 32.2 Å². The normalized spacial score (nSPS) is 14.6. The number of carboxylic acids is 2. The number of carbonyl (C=O) groups is 5. The number of hydrogen-bond donors (Lipinski definition) is 9. The summed E-state index contributed by atoms with van der Waals surface area (Å²) >= 11 is 7.90. The van der Waals surface area contributed by atoms with E-state index in [0.717, 1.165) is 0 Å². The van der Waals surface area contributed by atoms with Crippen LogP contribution in [0, 0.1) is 0 Å². The van der Waals surface area contributed by atoms with Crippen LogP contribution in [0.5, 0.6) is 0 Å². The van der Waals surface area contributed by atoms with Crippen molar-refractivity contribution in [2.45, 2.75) is 56.3 Å². The molecular formula is C17H31N5O7S2. The molecular weight excluding hydrogens is 450 g/mol. The fourth-order valence-electron chi connectivity index (χ4n) is 2.39. The van der Waals surface area contributed by atoms with Gasteiger partial charge >= 0.3 is 11.9 Å². The Hall–Kier alpha value is -2.03. The van der Waals surface area contributed by atoms with Gasteiger partial charge in [-0.25, -0.2) is 4.79 Å². The van der Waals surface area contributed by atoms with Crippen molar-refractivity contribution in [2.75, 3.05) is 18.1 Å². The van der Waals surface area contributed by atoms with Crippen molar-refractivity contribution in [1.29, 1.82) is 0 Å². The van der Waals surface area contributed by atoms with Gasteiger partial charge in [0.1, 0.15) is 18.1 Å². The first-order chi connectivity index (χ1) is 14.6. The minimum absolute atomic E-state index is 0.0388. The number of carboxylic acid groups (broad SMARTS) is 2. The van der Waals surface area contributed by atoms with Gasteiger partial charge in [-0.2, -0.15) is 25.3 Å². The molecule has 0 aromatic heterocycles. The van der Waals surface area contributed by atoms with E-state index >= 15 is 0 Å². The Bertz CT molecular complexity index is 638. The van der Waals surface area contributed by atoms with Crippen LogP contribution in [0.2, 0.25) is 0 Å². The van der Waals surface area contributed by atoms with Gasteiger partial charge in [0.15, 0.2) is 0 Å². The molecule has 4 unspecified atom stereocenters. The molecule has 0 spiro atoms. The highest BCUT2D eigenvalue weighted by Gasteiger charge is 2.29. The first-order valence-corrected chi connectivity index (χ1v) is 10.9. The SMILES string of the molecule is NCCCCC(NC(=O)C(CCC(=O)O)NC(=O)C(CS)NC(=O)C(N)CS)C(=O)O. The molecule has 0 saturated carbocycles. The van der Waals surface area contributed by atoms with Gasteiger partial charge in [-0.1, -0.05) is 0 Å². The summed E-state index contributed by atoms with van der Waals surface area (Å²) in [5, 5.41) is 25.2. The molecule has 0 aliphatic rings. The van der Waals surface area contributed by atoms with E-state index in [1.807, 2.05) is 0 Å². The lowest BCUT2D eigenvalue weighted by Crippen LogP contribution is -2.57. The number of nitrogens with one attached hydrogen (secondary N) is 3. The van der Waals surface area contributed by atoms with E-state index in [-0.39, 0.29) is 24.3 Å². The minimum Gasteiger partial charge on any atom is -0.481 e. The summed E-state index contributed by atoms with van der Waals surface area (Å²) < 4.78 is 0. The smallest absolute Gasteiger partial charge is 0.326 e. The molecule has 0 aliphatic carbocycles. The van der Waals surface area contributed by atoms with Crippen molar-refractivity contribution in [3.8, 4) is 0 Å². The minimum atomic E-state index is -1.34. The van der Waals surface area contributed by atoms with E-state index in [9.17, 15) is 29.1 Å². The zero-order valence-corrected chi connectivity index (χ0v) is 18.7. The molecule has 0 bridgehead atoms. The number of hydrogen-bond acceptors (Lipinski definition) is 9. The van der Waals surface area contributed by atoms with Gasteiger partial charge in [-0.3, -0.25) is 19.2 Å². The molecule has 12 nitrogen and oxygen atoms in total. The number of amides is 3. The Morgan fingerprint density at radius 3 is 1.81 bits per heavy atom. The quantitative estimate of drug-likeness (QED) is 0.0855. The van der Waals surface area contributed by atoms with Crippen LogP contribution in [0.25, 0.3) is 0 Å². The van der Waals surface area contributed by atoms with Crippen LogP contribution < -0.4 is 27.4 Å². The number of nitrogens with two attached hydrogens (primary N) is 2. The second-order valence-corrected chi connectivity index (χ2v) is 7.44. The summed E-state index contributed by atoms with van der Waals surface area (Å²) in [6.07, 6.45) is 0.404. The second kappa shape index (κ2) is 15.7. The predicted octanol–water partition coefficient (Wildman–Crippen LogP) is -2.29. The average Bonchev–Trinajstić information content (AvgIpc) is 2.72. The van der Waals surface area contributed by atoms with E-state index < -0.39 is 60.2 Å². The lowest BCUT2D eigenvalue weighted by atomic mass is 10.1. The predicted molar refractivity (Wildman–Crippen MR) is 119 cm³/mol. The number of rotatable bonds is 16. The topological polar surface area (TPSA) is 214 Å². The Labute approximate surface area is 191 Å². The molecule has 31 heavy (non-hydrogen) atoms. The van der Waals surface area contributed by atoms with Crippen molar-refractivity contribution >= 4 is 54.9 Å². The molecule has 0 rings (SSSR count). The van der Waals surface area contributed by atoms with E-state index in [2.05, 4.69) is 41.2 Å². The highest BCUT2D eigenvalue weighted by molar-refractivity contribution is 7.80. The number of unbranched alkanes of at least 4 members (excludes halogenated alkanes) is 1. The summed E-state index contributed by atoms with van der Waals surface area (Å²) in [6, 6.07) is -4.67. The number of thiol groups is 2. The fraction of sp³-hybridized carbons (Fsp3) is 0.706. The number of aliphatic carboxylic acids is 2. The van der Waals surface area contributed by atoms with Crippen molar-refractivity contribution < 1.29 is 34.2 Å². The lowest BCUT2D eigenvalue weighted by Gasteiger charge is -2.24. The Kier molecular flexibility index (Phi) is 14.7. The van der Waals surface area contributed by atoms with Crippen molar-refractivity contribution in [3.63, 3.8) is 0 Å². The summed E-state index contributed by atoms with van der Waals surface area (Å²) in [5.41, 5.74) is 10.9. The first kappa shape index (κ1) is 29.0. The third kappa shape index (κ3) is 11.8. The molecule has 4 atom stereocenters. The Morgan fingerprint density at radius 1 is 0.774 bits per heavy atom. The second-order valence-electron chi connectivity index (χ2n) is 6.71. The van der Waals surface area contributed by atoms with Crippen LogP contribution >= 0.6 is 25.3 Å². The molecule has 3 amide bonds. The molecule has 0 aromatic carbocycles. The molecule has 0 heterocycles. The summed E-state index contributed by atoms with van der Waals surface area (Å²) in [5.74, 6) is -4.86. The van der Waals surface area contributed by atoms with Crippen LogP contribution in [0.15, 0.2) is 0 Å². The van der Waals surface area contributed by atoms with Gasteiger partial charge in [0.05, 0.1) is 6.04 Å². The largest absolute Gasteiger partial charge is 0.481 e. The molecule has 0 fully saturated rings. The summed E-state index contributed by atoms with van der Waals surface area (Å²) in [4.78, 5) is 59.3. The molecule has 0 aromatic rings. The van der Waals surface area contributed by atoms with Gasteiger partial charge in [-0.15, -0.1) is 0 Å². The Morgan fingerprint density at radius 2 is 1.32 bits per heavy atom. The first-order valence-electron chi connectivity index (χ1n) is 9.60. The molecule has 0 aliphatic heterocycles. The summed E-state index contributed by atoms with van der Waals surface area (Å²) in [7, 11) is 0. The maximum Gasteiger partial charge on any atom is 0.326 e. The van der Waals surface area contributed by atoms with Crippen molar-refractivity contribution in [2.24, 2.45) is 11.5 Å². The molecule has 0 saturated heterocycles. The molecule has 9 N–H and O–H groups in total. The maximum atomic E-state index is 12.6. The van der Waals surface area contributed by atoms with Gasteiger partial charge in [0.25, 0.3) is 0 Å². The van der Waals surface area contributed by atoms with Crippen LogP contribution in [0.4, 0.5) is 0 Å². The van der Waals surface area contributed by atoms with Crippen LogP contribution in [-0.4, -0.2) is 82.1 Å². The van der Waals surface area contributed by atoms with E-state index in [4.69, 9.17) is 16.6 Å². The van der Waals surface area contributed by atoms with E-state index in [0.29, 0.717) is 19.4 Å². The molecule has 14 heteroatoms. The highest BCUT2D eigenvalue weighted by Crippen LogP contribution is 2.05. The number of carbonyl (C=O) groups excluding carboxylic acids is 3. The van der Waals surface area contributed by atoms with Crippen LogP contribution in [0.1, 0.15) is 32.1 Å². The standard InChI is InChI=1S/C17H31N5O7S2/c18-6-2-1-3-11(17(28)29)21-15(26)10(4-5-13(23)24)20-16(27)12(8-31)22-14(25)9(19)7-30/h9-12,30-31H,1-8,18-19H2,(H,20,27)(H,21,26)(H,22,25)(H,23,24)(H,28,29). The highest BCUT2D eigenvalue weighted by atomic mass is 32.1. The fourth-order valence-corrected chi connectivity index (χ4v) is 2.81. The Balaban J connectivity index is 5.26. The summed E-state index contributed by atoms with van der Waals surface area (Å²) in [6.45, 7) is 0.366. The van der Waals surface area contributed by atoms with E-state index in [1.165, 1.54) is 0 Å². The maximum absolute atomic E-state index is 12.6.